The summed E-state index contributed by atoms with van der Waals surface area (Å²) < 4.78 is 41.1. The summed E-state index contributed by atoms with van der Waals surface area (Å²) in [5.74, 6) is -0.349. The maximum absolute atomic E-state index is 13.8. The summed E-state index contributed by atoms with van der Waals surface area (Å²) in [4.78, 5) is 12.9. The third-order valence-corrected chi connectivity index (χ3v) is 17.2. The molecule has 1 aliphatic carbocycles. The Kier molecular flexibility index (Phi) is 10.8. The molecule has 1 aliphatic heterocycles. The van der Waals surface area contributed by atoms with Gasteiger partial charge in [0.25, 0.3) is 8.32 Å². The molecule has 54 heavy (non-hydrogen) atoms. The number of aliphatic hydroxyl groups is 1. The van der Waals surface area contributed by atoms with E-state index in [9.17, 15) is 9.90 Å². The predicted octanol–water partition coefficient (Wildman–Crippen LogP) is 7.87. The summed E-state index contributed by atoms with van der Waals surface area (Å²) in [6.45, 7) is 19.4. The van der Waals surface area contributed by atoms with E-state index in [4.69, 9.17) is 27.2 Å². The van der Waals surface area contributed by atoms with Crippen LogP contribution in [-0.4, -0.2) is 60.3 Å². The van der Waals surface area contributed by atoms with Gasteiger partial charge in [-0.2, -0.15) is 0 Å². The second kappa shape index (κ2) is 14.5. The lowest BCUT2D eigenvalue weighted by molar-refractivity contribution is -0.309. The number of fused-ring (bicyclic) bond motifs is 1. The first-order valence-corrected chi connectivity index (χ1v) is 27.5. The molecule has 0 radical (unpaired) electrons. The Morgan fingerprint density at radius 2 is 1.31 bits per heavy atom. The van der Waals surface area contributed by atoms with E-state index < -0.39 is 53.7 Å². The van der Waals surface area contributed by atoms with Gasteiger partial charge in [0.15, 0.2) is 22.2 Å². The van der Waals surface area contributed by atoms with Gasteiger partial charge in [0.05, 0.1) is 19.3 Å². The summed E-state index contributed by atoms with van der Waals surface area (Å²) in [6.07, 6.45) is 1.68. The van der Waals surface area contributed by atoms with Crippen molar-refractivity contribution >= 4 is 41.1 Å². The maximum atomic E-state index is 13.8. The standard InChI is InChI=1S/C43H56O8Si3/c1-40(2,3)54(36-22-16-12-17-23-36,37-24-18-13-19-25-37)49-35-29-41(45,28-34-26-33(46-4)27-39(44)47-34)42(50-52(5,6)7)31-38(32-20-14-11-15-21-32)48-43(42,30-35)51-53(8,9)10/h11-27,31,35,45H,28-30H2,1-10H3/t35-,41+,42+,43?/m0/s1. The first-order chi connectivity index (χ1) is 25.2. The minimum atomic E-state index is -3.16. The summed E-state index contributed by atoms with van der Waals surface area (Å²) in [7, 11) is -6.68. The van der Waals surface area contributed by atoms with Gasteiger partial charge in [0.1, 0.15) is 22.9 Å². The van der Waals surface area contributed by atoms with Crippen molar-refractivity contribution in [1.29, 1.82) is 0 Å². The van der Waals surface area contributed by atoms with Crippen LogP contribution in [0.15, 0.2) is 118 Å². The van der Waals surface area contributed by atoms with Crippen LogP contribution in [0.1, 0.15) is 44.9 Å². The van der Waals surface area contributed by atoms with E-state index in [2.05, 4.69) is 109 Å². The van der Waals surface area contributed by atoms with Crippen molar-refractivity contribution in [2.45, 2.75) is 107 Å². The van der Waals surface area contributed by atoms with Crippen molar-refractivity contribution in [1.82, 2.24) is 0 Å². The largest absolute Gasteiger partial charge is 0.496 e. The maximum Gasteiger partial charge on any atom is 0.339 e. The van der Waals surface area contributed by atoms with Gasteiger partial charge in [0, 0.05) is 30.9 Å². The van der Waals surface area contributed by atoms with Crippen molar-refractivity contribution in [3.8, 4) is 5.75 Å². The van der Waals surface area contributed by atoms with Crippen LogP contribution in [0.2, 0.25) is 44.3 Å². The first kappa shape index (κ1) is 40.1. The molecule has 3 aromatic carbocycles. The fourth-order valence-corrected chi connectivity index (χ4v) is 15.8. The van der Waals surface area contributed by atoms with Crippen LogP contribution in [0.25, 0.3) is 5.76 Å². The van der Waals surface area contributed by atoms with Crippen LogP contribution in [-0.2, 0) is 24.4 Å². The normalized spacial score (nSPS) is 24.7. The second-order valence-corrected chi connectivity index (χ2v) is 30.8. The van der Waals surface area contributed by atoms with E-state index in [1.807, 2.05) is 48.5 Å². The SMILES string of the molecule is COc1cc(C[C@@]2(O)C[C@H](O[Si](c3ccccc3)(c3ccccc3)C(C)(C)C)CC3(O[Si](C)(C)C)OC(c4ccccc4)=C[C@]32O[Si](C)(C)C)oc(=O)c1. The molecule has 6 rings (SSSR count). The molecule has 0 spiro atoms. The van der Waals surface area contributed by atoms with E-state index in [1.165, 1.54) is 13.2 Å². The zero-order valence-corrected chi connectivity index (χ0v) is 36.4. The lowest BCUT2D eigenvalue weighted by atomic mass is 9.65. The van der Waals surface area contributed by atoms with Crippen molar-refractivity contribution < 1.29 is 32.3 Å². The molecule has 2 aliphatic rings. The van der Waals surface area contributed by atoms with Crippen molar-refractivity contribution in [3.63, 3.8) is 0 Å². The predicted molar refractivity (Wildman–Crippen MR) is 222 cm³/mol. The van der Waals surface area contributed by atoms with Gasteiger partial charge < -0.3 is 32.3 Å². The van der Waals surface area contributed by atoms with E-state index in [1.54, 1.807) is 6.07 Å². The monoisotopic (exact) mass is 784 g/mol. The third-order valence-electron chi connectivity index (χ3n) is 10.2. The average Bonchev–Trinajstić information content (AvgIpc) is 3.40. The molecule has 2 heterocycles. The van der Waals surface area contributed by atoms with Gasteiger partial charge in [-0.3, -0.25) is 0 Å². The van der Waals surface area contributed by atoms with Crippen molar-refractivity contribution in [2.24, 2.45) is 0 Å². The van der Waals surface area contributed by atoms with Crippen LogP contribution in [0.4, 0.5) is 0 Å². The number of hydrogen-bond donors (Lipinski definition) is 1. The highest BCUT2D eigenvalue weighted by atomic mass is 28.4. The highest BCUT2D eigenvalue weighted by Crippen LogP contribution is 2.60. The van der Waals surface area contributed by atoms with Crippen LogP contribution in [0.3, 0.4) is 0 Å². The Bertz CT molecular complexity index is 1960. The molecule has 0 saturated heterocycles. The quantitative estimate of drug-likeness (QED) is 0.145. The minimum Gasteiger partial charge on any atom is -0.496 e. The number of benzene rings is 3. The fourth-order valence-electron chi connectivity index (χ4n) is 8.45. The Labute approximate surface area is 323 Å². The fraction of sp³-hybridized carbons (Fsp3) is 0.419. The van der Waals surface area contributed by atoms with Gasteiger partial charge in [-0.15, -0.1) is 0 Å². The zero-order chi connectivity index (χ0) is 39.2. The number of ether oxygens (including phenoxy) is 2. The van der Waals surface area contributed by atoms with Crippen LogP contribution in [0, 0.1) is 0 Å². The molecule has 4 aromatic rings. The van der Waals surface area contributed by atoms with Gasteiger partial charge in [0.2, 0.25) is 5.79 Å². The van der Waals surface area contributed by atoms with Crippen molar-refractivity contribution in [3.05, 3.63) is 131 Å². The number of rotatable bonds is 12. The summed E-state index contributed by atoms with van der Waals surface area (Å²) >= 11 is 0. The average molecular weight is 785 g/mol. The van der Waals surface area contributed by atoms with E-state index in [-0.39, 0.29) is 30.1 Å². The smallest absolute Gasteiger partial charge is 0.339 e. The molecule has 1 fully saturated rings. The van der Waals surface area contributed by atoms with Gasteiger partial charge in [-0.1, -0.05) is 112 Å². The lowest BCUT2D eigenvalue weighted by Crippen LogP contribution is -2.77. The molecule has 1 N–H and O–H groups in total. The highest BCUT2D eigenvalue weighted by Gasteiger charge is 2.75. The molecular formula is C43H56O8Si3. The highest BCUT2D eigenvalue weighted by molar-refractivity contribution is 6.99. The molecule has 8 nitrogen and oxygen atoms in total. The lowest BCUT2D eigenvalue weighted by Gasteiger charge is -2.60. The molecule has 1 aromatic heterocycles. The minimum absolute atomic E-state index is 0.0940. The zero-order valence-electron chi connectivity index (χ0n) is 33.4. The summed E-state index contributed by atoms with van der Waals surface area (Å²) in [6, 6.07) is 33.8. The van der Waals surface area contributed by atoms with Gasteiger partial charge in [-0.05, 0) is 60.8 Å². The Balaban J connectivity index is 1.64. The van der Waals surface area contributed by atoms with Gasteiger partial charge >= 0.3 is 5.63 Å². The summed E-state index contributed by atoms with van der Waals surface area (Å²) in [5.41, 5.74) is -3.02. The van der Waals surface area contributed by atoms with Crippen LogP contribution >= 0.6 is 0 Å². The van der Waals surface area contributed by atoms with E-state index in [0.29, 0.717) is 11.5 Å². The Morgan fingerprint density at radius 1 is 0.778 bits per heavy atom. The molecule has 1 saturated carbocycles. The Hall–Kier alpha value is -3.56. The topological polar surface area (TPSA) is 96.6 Å². The molecule has 0 bridgehead atoms. The summed E-state index contributed by atoms with van der Waals surface area (Å²) in [5, 5.41) is 15.7. The van der Waals surface area contributed by atoms with Crippen LogP contribution < -0.4 is 20.7 Å². The molecule has 4 atom stereocenters. The first-order valence-electron chi connectivity index (χ1n) is 18.8. The van der Waals surface area contributed by atoms with Gasteiger partial charge in [-0.25, -0.2) is 4.79 Å². The third kappa shape index (κ3) is 7.64. The molecule has 288 valence electrons. The van der Waals surface area contributed by atoms with E-state index in [0.717, 1.165) is 15.9 Å². The molecule has 1 unspecified atom stereocenters. The van der Waals surface area contributed by atoms with E-state index >= 15 is 0 Å². The molecule has 0 amide bonds. The number of hydrogen-bond acceptors (Lipinski definition) is 8. The van der Waals surface area contributed by atoms with Crippen LogP contribution in [0.5, 0.6) is 5.75 Å². The second-order valence-electron chi connectivity index (χ2n) is 17.7. The molecular weight excluding hydrogens is 729 g/mol. The molecule has 11 heteroatoms. The van der Waals surface area contributed by atoms with Crippen molar-refractivity contribution in [2.75, 3.05) is 7.11 Å². The number of methoxy groups -OCH3 is 1. The Morgan fingerprint density at radius 3 is 1.81 bits per heavy atom.